The molecule has 1 heterocycles. The second kappa shape index (κ2) is 9.79. The summed E-state index contributed by atoms with van der Waals surface area (Å²) in [5, 5.41) is 9.99. The van der Waals surface area contributed by atoms with Crippen molar-refractivity contribution in [1.29, 1.82) is 0 Å². The maximum atomic E-state index is 13.7. The number of hydrogen-bond donors (Lipinski definition) is 2. The highest BCUT2D eigenvalue weighted by atomic mass is 127. The SMILES string of the molecule is CCNC(=NCc1cc(F)ccc1F)NCc1noc(C(C)(C)C)n1.I. The van der Waals surface area contributed by atoms with E-state index in [2.05, 4.69) is 25.8 Å². The summed E-state index contributed by atoms with van der Waals surface area (Å²) < 4.78 is 32.1. The molecule has 144 valence electrons. The van der Waals surface area contributed by atoms with Crippen LogP contribution in [0.1, 0.15) is 45.0 Å². The lowest BCUT2D eigenvalue weighted by molar-refractivity contribution is 0.318. The van der Waals surface area contributed by atoms with E-state index in [4.69, 9.17) is 4.52 Å². The predicted molar refractivity (Wildman–Crippen MR) is 106 cm³/mol. The van der Waals surface area contributed by atoms with Crippen LogP contribution < -0.4 is 10.6 Å². The van der Waals surface area contributed by atoms with Gasteiger partial charge in [0.05, 0.1) is 13.1 Å². The maximum Gasteiger partial charge on any atom is 0.232 e. The topological polar surface area (TPSA) is 75.3 Å². The van der Waals surface area contributed by atoms with Gasteiger partial charge in [-0.2, -0.15) is 4.98 Å². The second-order valence-electron chi connectivity index (χ2n) is 6.55. The quantitative estimate of drug-likeness (QED) is 0.390. The van der Waals surface area contributed by atoms with Gasteiger partial charge in [-0.3, -0.25) is 0 Å². The third-order valence-corrected chi connectivity index (χ3v) is 3.28. The maximum absolute atomic E-state index is 13.7. The molecule has 2 N–H and O–H groups in total. The van der Waals surface area contributed by atoms with E-state index < -0.39 is 11.6 Å². The van der Waals surface area contributed by atoms with Crippen LogP contribution in [0.25, 0.3) is 0 Å². The molecule has 0 saturated heterocycles. The summed E-state index contributed by atoms with van der Waals surface area (Å²) in [5.74, 6) is 0.508. The molecule has 26 heavy (non-hydrogen) atoms. The minimum absolute atomic E-state index is 0. The number of nitrogens with one attached hydrogen (secondary N) is 2. The molecule has 0 aliphatic heterocycles. The van der Waals surface area contributed by atoms with E-state index in [9.17, 15) is 8.78 Å². The Balaban J connectivity index is 0.00000338. The highest BCUT2D eigenvalue weighted by Gasteiger charge is 2.21. The summed E-state index contributed by atoms with van der Waals surface area (Å²) in [7, 11) is 0. The first-order valence-corrected chi connectivity index (χ1v) is 8.08. The summed E-state index contributed by atoms with van der Waals surface area (Å²) in [4.78, 5) is 8.58. The van der Waals surface area contributed by atoms with E-state index >= 15 is 0 Å². The van der Waals surface area contributed by atoms with Crippen LogP contribution in [0.2, 0.25) is 0 Å². The van der Waals surface area contributed by atoms with Crippen molar-refractivity contribution in [1.82, 2.24) is 20.8 Å². The lowest BCUT2D eigenvalue weighted by Gasteiger charge is -2.11. The van der Waals surface area contributed by atoms with Gasteiger partial charge < -0.3 is 15.2 Å². The summed E-state index contributed by atoms with van der Waals surface area (Å²) in [6.07, 6.45) is 0. The molecule has 1 aromatic carbocycles. The minimum Gasteiger partial charge on any atom is -0.357 e. The zero-order valence-corrected chi connectivity index (χ0v) is 17.6. The van der Waals surface area contributed by atoms with Crippen molar-refractivity contribution in [3.63, 3.8) is 0 Å². The number of rotatable bonds is 5. The van der Waals surface area contributed by atoms with E-state index in [-0.39, 0.29) is 41.5 Å². The number of aliphatic imine (C=N–C) groups is 1. The van der Waals surface area contributed by atoms with E-state index in [1.54, 1.807) is 0 Å². The molecule has 2 aromatic rings. The van der Waals surface area contributed by atoms with Crippen LogP contribution in [-0.4, -0.2) is 22.6 Å². The Morgan fingerprint density at radius 3 is 2.58 bits per heavy atom. The molecule has 2 rings (SSSR count). The molecule has 0 saturated carbocycles. The number of aromatic nitrogens is 2. The van der Waals surface area contributed by atoms with Crippen molar-refractivity contribution in [3.8, 4) is 0 Å². The number of guanidine groups is 1. The molecular weight excluding hydrogens is 455 g/mol. The van der Waals surface area contributed by atoms with Crippen molar-refractivity contribution in [2.75, 3.05) is 6.54 Å². The molecule has 0 aliphatic carbocycles. The molecule has 0 amide bonds. The van der Waals surface area contributed by atoms with Gasteiger partial charge in [-0.15, -0.1) is 24.0 Å². The van der Waals surface area contributed by atoms with Crippen LogP contribution in [0, 0.1) is 11.6 Å². The number of nitrogens with zero attached hydrogens (tertiary/aromatic N) is 3. The molecule has 0 aliphatic rings. The van der Waals surface area contributed by atoms with Gasteiger partial charge in [0, 0.05) is 17.5 Å². The Labute approximate surface area is 168 Å². The zero-order valence-electron chi connectivity index (χ0n) is 15.3. The first kappa shape index (κ1) is 22.3. The highest BCUT2D eigenvalue weighted by molar-refractivity contribution is 14.0. The van der Waals surface area contributed by atoms with Gasteiger partial charge in [-0.25, -0.2) is 13.8 Å². The standard InChI is InChI=1S/C17H23F2N5O.HI/c1-5-20-16(21-9-11-8-12(18)6-7-13(11)19)22-10-14-23-15(25-24-14)17(2,3)4;/h6-8H,5,9-10H2,1-4H3,(H2,20,21,22);1H. The molecule has 1 aromatic heterocycles. The minimum atomic E-state index is -0.494. The van der Waals surface area contributed by atoms with Gasteiger partial charge in [0.2, 0.25) is 5.89 Å². The van der Waals surface area contributed by atoms with Gasteiger partial charge in [-0.1, -0.05) is 25.9 Å². The molecular formula is C17H24F2IN5O. The number of halogens is 3. The normalized spacial score (nSPS) is 11.8. The van der Waals surface area contributed by atoms with Gasteiger partial charge in [0.1, 0.15) is 11.6 Å². The van der Waals surface area contributed by atoms with Crippen molar-refractivity contribution >= 4 is 29.9 Å². The molecule has 6 nitrogen and oxygen atoms in total. The van der Waals surface area contributed by atoms with E-state index in [1.165, 1.54) is 0 Å². The fourth-order valence-electron chi connectivity index (χ4n) is 1.96. The van der Waals surface area contributed by atoms with Gasteiger partial charge in [-0.05, 0) is 25.1 Å². The van der Waals surface area contributed by atoms with Gasteiger partial charge in [0.25, 0.3) is 0 Å². The number of hydrogen-bond acceptors (Lipinski definition) is 4. The number of benzene rings is 1. The Morgan fingerprint density at radius 1 is 1.23 bits per heavy atom. The molecule has 0 fully saturated rings. The van der Waals surface area contributed by atoms with Gasteiger partial charge in [0.15, 0.2) is 11.8 Å². The Hall–Kier alpha value is -1.78. The fourth-order valence-corrected chi connectivity index (χ4v) is 1.96. The Kier molecular flexibility index (Phi) is 8.38. The van der Waals surface area contributed by atoms with Crippen LogP contribution in [-0.2, 0) is 18.5 Å². The third-order valence-electron chi connectivity index (χ3n) is 3.28. The van der Waals surface area contributed by atoms with Crippen molar-refractivity contribution in [3.05, 3.63) is 47.1 Å². The van der Waals surface area contributed by atoms with Crippen LogP contribution in [0.3, 0.4) is 0 Å². The zero-order chi connectivity index (χ0) is 18.4. The van der Waals surface area contributed by atoms with E-state index in [0.29, 0.717) is 30.8 Å². The third kappa shape index (κ3) is 6.50. The van der Waals surface area contributed by atoms with Gasteiger partial charge >= 0.3 is 0 Å². The fraction of sp³-hybridized carbons (Fsp3) is 0.471. The first-order chi connectivity index (χ1) is 11.8. The van der Waals surface area contributed by atoms with Crippen molar-refractivity contribution in [2.45, 2.75) is 46.2 Å². The molecule has 0 atom stereocenters. The molecule has 0 bridgehead atoms. The highest BCUT2D eigenvalue weighted by Crippen LogP contribution is 2.19. The summed E-state index contributed by atoms with van der Waals surface area (Å²) in [5.41, 5.74) is -0.0366. The largest absolute Gasteiger partial charge is 0.357 e. The first-order valence-electron chi connectivity index (χ1n) is 8.08. The van der Waals surface area contributed by atoms with Crippen molar-refractivity contribution < 1.29 is 13.3 Å². The van der Waals surface area contributed by atoms with Crippen LogP contribution in [0.4, 0.5) is 8.78 Å². The monoisotopic (exact) mass is 479 g/mol. The Bertz CT molecular complexity index is 743. The molecule has 9 heteroatoms. The summed E-state index contributed by atoms with van der Waals surface area (Å²) in [6.45, 7) is 8.79. The van der Waals surface area contributed by atoms with Crippen LogP contribution >= 0.6 is 24.0 Å². The summed E-state index contributed by atoms with van der Waals surface area (Å²) in [6, 6.07) is 3.31. The van der Waals surface area contributed by atoms with Crippen LogP contribution in [0.15, 0.2) is 27.7 Å². The van der Waals surface area contributed by atoms with Crippen LogP contribution in [0.5, 0.6) is 0 Å². The lowest BCUT2D eigenvalue weighted by atomic mass is 9.97. The molecule has 0 radical (unpaired) electrons. The van der Waals surface area contributed by atoms with E-state index in [0.717, 1.165) is 18.2 Å². The predicted octanol–water partition coefficient (Wildman–Crippen LogP) is 3.52. The molecule has 0 unspecified atom stereocenters. The summed E-state index contributed by atoms with van der Waals surface area (Å²) >= 11 is 0. The molecule has 0 spiro atoms. The lowest BCUT2D eigenvalue weighted by Crippen LogP contribution is -2.37. The smallest absolute Gasteiger partial charge is 0.232 e. The van der Waals surface area contributed by atoms with E-state index in [1.807, 2.05) is 27.7 Å². The average Bonchev–Trinajstić information content (AvgIpc) is 3.02. The average molecular weight is 479 g/mol. The second-order valence-corrected chi connectivity index (χ2v) is 6.55. The van der Waals surface area contributed by atoms with Crippen molar-refractivity contribution in [2.24, 2.45) is 4.99 Å². The Morgan fingerprint density at radius 2 is 1.96 bits per heavy atom.